The van der Waals surface area contributed by atoms with E-state index in [2.05, 4.69) is 9.88 Å². The lowest BCUT2D eigenvalue weighted by molar-refractivity contribution is 0.0894. The van der Waals surface area contributed by atoms with E-state index in [1.54, 1.807) is 12.3 Å². The SMILES string of the molecule is CO[C@@H]1CCC2(CCN(c3nc(C)c(Sc4ccnc(Cl)c4Cl)nc3CO)CC2)C1. The average Bonchev–Trinajstić information content (AvgIpc) is 3.16. The van der Waals surface area contributed by atoms with Gasteiger partial charge in [-0.2, -0.15) is 0 Å². The third kappa shape index (κ3) is 4.41. The molecule has 30 heavy (non-hydrogen) atoms. The van der Waals surface area contributed by atoms with Crippen molar-refractivity contribution in [2.75, 3.05) is 25.1 Å². The van der Waals surface area contributed by atoms with Gasteiger partial charge in [-0.25, -0.2) is 15.0 Å². The molecular formula is C21H26Cl2N4O2S. The number of aryl methyl sites for hydroxylation is 1. The number of aliphatic hydroxyl groups excluding tert-OH is 1. The van der Waals surface area contributed by atoms with Crippen molar-refractivity contribution in [3.8, 4) is 0 Å². The van der Waals surface area contributed by atoms with Crippen LogP contribution in [0, 0.1) is 12.3 Å². The zero-order chi connectivity index (χ0) is 21.3. The van der Waals surface area contributed by atoms with Crippen LogP contribution in [0.15, 0.2) is 22.2 Å². The third-order valence-corrected chi connectivity index (χ3v) is 8.38. The second-order valence-electron chi connectivity index (χ2n) is 8.15. The van der Waals surface area contributed by atoms with Gasteiger partial charge in [0.25, 0.3) is 0 Å². The van der Waals surface area contributed by atoms with E-state index in [4.69, 9.17) is 37.9 Å². The smallest absolute Gasteiger partial charge is 0.153 e. The number of pyridine rings is 1. The lowest BCUT2D eigenvalue weighted by atomic mass is 9.77. The molecule has 0 radical (unpaired) electrons. The number of halogens is 2. The van der Waals surface area contributed by atoms with Crippen molar-refractivity contribution in [2.24, 2.45) is 5.41 Å². The summed E-state index contributed by atoms with van der Waals surface area (Å²) >= 11 is 13.7. The van der Waals surface area contributed by atoms with Gasteiger partial charge in [-0.15, -0.1) is 0 Å². The molecule has 0 unspecified atom stereocenters. The van der Waals surface area contributed by atoms with Gasteiger partial charge in [0.1, 0.15) is 15.9 Å². The summed E-state index contributed by atoms with van der Waals surface area (Å²) in [5.41, 5.74) is 1.79. The van der Waals surface area contributed by atoms with Crippen LogP contribution in [-0.2, 0) is 11.3 Å². The second kappa shape index (κ2) is 9.17. The average molecular weight is 469 g/mol. The molecule has 4 rings (SSSR count). The number of methoxy groups -OCH3 is 1. The molecule has 162 valence electrons. The molecule has 1 atom stereocenters. The highest BCUT2D eigenvalue weighted by Crippen LogP contribution is 2.47. The number of hydrogen-bond acceptors (Lipinski definition) is 7. The van der Waals surface area contributed by atoms with Gasteiger partial charge in [0.2, 0.25) is 0 Å². The number of nitrogens with zero attached hydrogens (tertiary/aromatic N) is 4. The number of aliphatic hydroxyl groups is 1. The van der Waals surface area contributed by atoms with Gasteiger partial charge in [0.05, 0.1) is 23.4 Å². The number of anilines is 1. The molecule has 1 N–H and O–H groups in total. The van der Waals surface area contributed by atoms with Crippen LogP contribution in [0.1, 0.15) is 43.5 Å². The van der Waals surface area contributed by atoms with E-state index < -0.39 is 0 Å². The van der Waals surface area contributed by atoms with Gasteiger partial charge in [0.15, 0.2) is 5.82 Å². The Balaban J connectivity index is 1.52. The Morgan fingerprint density at radius 2 is 2.03 bits per heavy atom. The van der Waals surface area contributed by atoms with Crippen molar-refractivity contribution in [1.82, 2.24) is 15.0 Å². The molecule has 2 aliphatic rings. The minimum absolute atomic E-state index is 0.158. The Hall–Kier alpha value is -1.12. The normalized spacial score (nSPS) is 20.8. The van der Waals surface area contributed by atoms with Gasteiger partial charge < -0.3 is 14.7 Å². The predicted octanol–water partition coefficient (Wildman–Crippen LogP) is 4.92. The minimum atomic E-state index is -0.158. The monoisotopic (exact) mass is 468 g/mol. The first kappa shape index (κ1) is 22.1. The van der Waals surface area contributed by atoms with Crippen LogP contribution < -0.4 is 4.90 Å². The molecule has 0 aromatic carbocycles. The fraction of sp³-hybridized carbons (Fsp3) is 0.571. The number of rotatable bonds is 5. The predicted molar refractivity (Wildman–Crippen MR) is 120 cm³/mol. The molecule has 3 heterocycles. The molecule has 6 nitrogen and oxygen atoms in total. The Kier molecular flexibility index (Phi) is 6.75. The summed E-state index contributed by atoms with van der Waals surface area (Å²) in [6, 6.07) is 1.80. The Bertz CT molecular complexity index is 922. The van der Waals surface area contributed by atoms with Gasteiger partial charge in [-0.05, 0) is 50.5 Å². The largest absolute Gasteiger partial charge is 0.390 e. The summed E-state index contributed by atoms with van der Waals surface area (Å²) in [6.45, 7) is 3.63. The molecule has 1 aliphatic carbocycles. The van der Waals surface area contributed by atoms with Crippen LogP contribution in [0.2, 0.25) is 10.2 Å². The molecule has 1 aliphatic heterocycles. The van der Waals surface area contributed by atoms with E-state index in [0.717, 1.165) is 55.2 Å². The molecule has 1 saturated heterocycles. The highest BCUT2D eigenvalue weighted by Gasteiger charge is 2.42. The topological polar surface area (TPSA) is 71.4 Å². The standard InChI is InChI=1S/C21H26Cl2N4O2S/c1-13-20(30-16-4-8-24-18(23)17(16)22)26-15(12-28)19(25-13)27-9-6-21(7-10-27)5-3-14(11-21)29-2/h4,8,14,28H,3,5-7,9-12H2,1-2H3/t14-/m1/s1. The summed E-state index contributed by atoms with van der Waals surface area (Å²) < 4.78 is 5.59. The molecule has 0 bridgehead atoms. The molecular weight excluding hydrogens is 443 g/mol. The van der Waals surface area contributed by atoms with Crippen LogP contribution in [0.3, 0.4) is 0 Å². The minimum Gasteiger partial charge on any atom is -0.390 e. The summed E-state index contributed by atoms with van der Waals surface area (Å²) in [7, 11) is 1.82. The zero-order valence-corrected chi connectivity index (χ0v) is 19.5. The van der Waals surface area contributed by atoms with Crippen LogP contribution in [0.25, 0.3) is 0 Å². The Morgan fingerprint density at radius 1 is 1.27 bits per heavy atom. The van der Waals surface area contributed by atoms with Crippen molar-refractivity contribution in [3.05, 3.63) is 33.8 Å². The fourth-order valence-corrected chi connectivity index (χ4v) is 5.88. The maximum absolute atomic E-state index is 9.99. The zero-order valence-electron chi connectivity index (χ0n) is 17.2. The van der Waals surface area contributed by atoms with Gasteiger partial charge in [-0.1, -0.05) is 35.0 Å². The van der Waals surface area contributed by atoms with Gasteiger partial charge in [-0.3, -0.25) is 0 Å². The number of hydrogen-bond donors (Lipinski definition) is 1. The Morgan fingerprint density at radius 3 is 2.70 bits per heavy atom. The highest BCUT2D eigenvalue weighted by molar-refractivity contribution is 7.99. The summed E-state index contributed by atoms with van der Waals surface area (Å²) in [4.78, 5) is 16.6. The molecule has 2 fully saturated rings. The third-order valence-electron chi connectivity index (χ3n) is 6.36. The molecule has 2 aromatic heterocycles. The van der Waals surface area contributed by atoms with E-state index in [1.807, 2.05) is 14.0 Å². The van der Waals surface area contributed by atoms with Crippen molar-refractivity contribution >= 4 is 40.8 Å². The van der Waals surface area contributed by atoms with Crippen LogP contribution in [-0.4, -0.2) is 46.4 Å². The summed E-state index contributed by atoms with van der Waals surface area (Å²) in [6.07, 6.45) is 7.81. The maximum Gasteiger partial charge on any atom is 0.153 e. The highest BCUT2D eigenvalue weighted by atomic mass is 35.5. The molecule has 0 amide bonds. The van der Waals surface area contributed by atoms with Gasteiger partial charge >= 0.3 is 0 Å². The number of piperidine rings is 1. The van der Waals surface area contributed by atoms with E-state index in [9.17, 15) is 5.11 Å². The van der Waals surface area contributed by atoms with Crippen LogP contribution >= 0.6 is 35.0 Å². The van der Waals surface area contributed by atoms with Crippen molar-refractivity contribution in [1.29, 1.82) is 0 Å². The molecule has 1 spiro atoms. The van der Waals surface area contributed by atoms with E-state index in [1.165, 1.54) is 18.2 Å². The Labute approximate surface area is 191 Å². The van der Waals surface area contributed by atoms with Crippen LogP contribution in [0.5, 0.6) is 0 Å². The van der Waals surface area contributed by atoms with E-state index in [-0.39, 0.29) is 11.8 Å². The first-order valence-electron chi connectivity index (χ1n) is 10.2. The quantitative estimate of drug-likeness (QED) is 0.624. The molecule has 2 aromatic rings. The maximum atomic E-state index is 9.99. The number of ether oxygens (including phenoxy) is 1. The summed E-state index contributed by atoms with van der Waals surface area (Å²) in [5, 5.41) is 11.4. The van der Waals surface area contributed by atoms with E-state index >= 15 is 0 Å². The fourth-order valence-electron chi connectivity index (χ4n) is 4.57. The van der Waals surface area contributed by atoms with Crippen molar-refractivity contribution in [2.45, 2.75) is 61.7 Å². The lowest BCUT2D eigenvalue weighted by Gasteiger charge is -2.40. The van der Waals surface area contributed by atoms with Gasteiger partial charge in [0, 0.05) is 31.3 Å². The second-order valence-corrected chi connectivity index (χ2v) is 9.91. The van der Waals surface area contributed by atoms with E-state index in [0.29, 0.717) is 27.3 Å². The van der Waals surface area contributed by atoms with Crippen LogP contribution in [0.4, 0.5) is 5.82 Å². The lowest BCUT2D eigenvalue weighted by Crippen LogP contribution is -2.40. The first-order chi connectivity index (χ1) is 14.4. The molecule has 9 heteroatoms. The summed E-state index contributed by atoms with van der Waals surface area (Å²) in [5.74, 6) is 0.786. The van der Waals surface area contributed by atoms with Crippen molar-refractivity contribution in [3.63, 3.8) is 0 Å². The number of aromatic nitrogens is 3. The van der Waals surface area contributed by atoms with Crippen molar-refractivity contribution < 1.29 is 9.84 Å². The molecule has 1 saturated carbocycles. The first-order valence-corrected chi connectivity index (χ1v) is 11.8.